The number of carbonyl (C=O) groups is 3. The summed E-state index contributed by atoms with van der Waals surface area (Å²) in [5, 5.41) is 0. The number of ether oxygens (including phenoxy) is 1. The maximum Gasteiger partial charge on any atom is 0.236 e. The van der Waals surface area contributed by atoms with Gasteiger partial charge in [0.05, 0.1) is 31.5 Å². The molecule has 1 fully saturated rings. The Kier molecular flexibility index (Phi) is 6.13. The molecule has 1 aliphatic rings. The molecule has 1 amide bonds. The summed E-state index contributed by atoms with van der Waals surface area (Å²) in [7, 11) is 1.76. The number of aromatic nitrogens is 1. The summed E-state index contributed by atoms with van der Waals surface area (Å²) in [4.78, 5) is 43.5. The lowest BCUT2D eigenvalue weighted by Crippen LogP contribution is -2.48. The zero-order chi connectivity index (χ0) is 18.7. The molecule has 1 saturated heterocycles. The summed E-state index contributed by atoms with van der Waals surface area (Å²) >= 11 is 0. The van der Waals surface area contributed by atoms with Crippen molar-refractivity contribution in [3.63, 3.8) is 0 Å². The molecule has 25 heavy (non-hydrogen) atoms. The highest BCUT2D eigenvalue weighted by Gasteiger charge is 2.28. The highest BCUT2D eigenvalue weighted by molar-refractivity contribution is 6.05. The van der Waals surface area contributed by atoms with Crippen LogP contribution in [-0.4, -0.2) is 78.2 Å². The number of amides is 1. The number of hydrogen-bond acceptors (Lipinski definition) is 5. The van der Waals surface area contributed by atoms with Gasteiger partial charge in [-0.2, -0.15) is 0 Å². The molecule has 0 aromatic carbocycles. The van der Waals surface area contributed by atoms with Gasteiger partial charge in [0.25, 0.3) is 0 Å². The summed E-state index contributed by atoms with van der Waals surface area (Å²) < 4.78 is 5.25. The minimum Gasteiger partial charge on any atom is -0.378 e. The van der Waals surface area contributed by atoms with Gasteiger partial charge in [-0.3, -0.25) is 19.3 Å². The van der Waals surface area contributed by atoms with Crippen LogP contribution in [0.1, 0.15) is 46.0 Å². The summed E-state index contributed by atoms with van der Waals surface area (Å²) in [5.74, 6) is -0.187. The first-order chi connectivity index (χ1) is 11.7. The number of rotatable bonds is 6. The van der Waals surface area contributed by atoms with Crippen molar-refractivity contribution in [1.82, 2.24) is 14.8 Å². The Balaban J connectivity index is 2.07. The van der Waals surface area contributed by atoms with E-state index in [2.05, 4.69) is 4.98 Å². The predicted octanol–water partition coefficient (Wildman–Crippen LogP) is 1.20. The van der Waals surface area contributed by atoms with Crippen molar-refractivity contribution >= 4 is 17.5 Å². The Hall–Kier alpha value is -1.99. The van der Waals surface area contributed by atoms with E-state index in [1.807, 2.05) is 0 Å². The molecule has 0 unspecified atom stereocenters. The maximum atomic E-state index is 12.8. The van der Waals surface area contributed by atoms with E-state index < -0.39 is 6.04 Å². The smallest absolute Gasteiger partial charge is 0.236 e. The molecule has 0 aliphatic carbocycles. The minimum absolute atomic E-state index is 0.00531. The molecular formula is C18H27N3O4. The van der Waals surface area contributed by atoms with E-state index in [0.29, 0.717) is 48.8 Å². The fraction of sp³-hybridized carbons (Fsp3) is 0.611. The number of nitrogens with one attached hydrogen (secondary N) is 1. The van der Waals surface area contributed by atoms with Crippen LogP contribution < -0.4 is 0 Å². The molecule has 1 atom stereocenters. The van der Waals surface area contributed by atoms with Gasteiger partial charge in [0, 0.05) is 24.3 Å². The van der Waals surface area contributed by atoms with Gasteiger partial charge in [0.15, 0.2) is 11.6 Å². The van der Waals surface area contributed by atoms with Crippen molar-refractivity contribution in [3.8, 4) is 0 Å². The van der Waals surface area contributed by atoms with Gasteiger partial charge in [0.2, 0.25) is 5.91 Å². The van der Waals surface area contributed by atoms with Gasteiger partial charge in [-0.05, 0) is 40.3 Å². The van der Waals surface area contributed by atoms with Crippen LogP contribution in [0.15, 0.2) is 0 Å². The van der Waals surface area contributed by atoms with Crippen molar-refractivity contribution in [1.29, 1.82) is 0 Å². The summed E-state index contributed by atoms with van der Waals surface area (Å²) in [6.07, 6.45) is 0. The van der Waals surface area contributed by atoms with Gasteiger partial charge in [-0.15, -0.1) is 0 Å². The van der Waals surface area contributed by atoms with Crippen LogP contribution in [0.2, 0.25) is 0 Å². The Bertz CT molecular complexity index is 674. The summed E-state index contributed by atoms with van der Waals surface area (Å²) in [6.45, 7) is 9.29. The number of morpholine rings is 1. The topological polar surface area (TPSA) is 82.7 Å². The highest BCUT2D eigenvalue weighted by atomic mass is 16.5. The number of H-pyrrole nitrogens is 1. The third-order valence-corrected chi connectivity index (χ3v) is 4.83. The Morgan fingerprint density at radius 3 is 2.36 bits per heavy atom. The van der Waals surface area contributed by atoms with Gasteiger partial charge < -0.3 is 14.6 Å². The lowest BCUT2D eigenvalue weighted by Gasteiger charge is -2.30. The molecule has 2 rings (SSSR count). The number of likely N-dealkylation sites (N-methyl/N-ethyl adjacent to an activating group) is 1. The number of nitrogens with zero attached hydrogens (tertiary/aromatic N) is 2. The molecular weight excluding hydrogens is 322 g/mol. The molecule has 0 bridgehead atoms. The molecule has 7 nitrogen and oxygen atoms in total. The van der Waals surface area contributed by atoms with E-state index in [-0.39, 0.29) is 24.0 Å². The number of carbonyl (C=O) groups excluding carboxylic acids is 3. The first-order valence-electron chi connectivity index (χ1n) is 8.54. The third-order valence-electron chi connectivity index (χ3n) is 4.83. The van der Waals surface area contributed by atoms with Crippen molar-refractivity contribution in [2.24, 2.45) is 0 Å². The SMILES string of the molecule is CC(=O)c1c(C)[nH]c(C(=O)[C@H](C)N(C)CC(=O)N2CCOCC2)c1C. The number of aromatic amines is 1. The van der Waals surface area contributed by atoms with Gasteiger partial charge in [-0.25, -0.2) is 0 Å². The van der Waals surface area contributed by atoms with Gasteiger partial charge >= 0.3 is 0 Å². The number of ketones is 2. The van der Waals surface area contributed by atoms with Crippen LogP contribution in [0.5, 0.6) is 0 Å². The van der Waals surface area contributed by atoms with Crippen molar-refractivity contribution < 1.29 is 19.1 Å². The van der Waals surface area contributed by atoms with Gasteiger partial charge in [-0.1, -0.05) is 0 Å². The highest BCUT2D eigenvalue weighted by Crippen LogP contribution is 2.20. The number of Topliss-reactive ketones (excluding diaryl/α,β-unsaturated/α-hetero) is 2. The first kappa shape index (κ1) is 19.3. The second-order valence-corrected chi connectivity index (χ2v) is 6.63. The second kappa shape index (κ2) is 7.93. The molecule has 1 N–H and O–H groups in total. The molecule has 0 spiro atoms. The van der Waals surface area contributed by atoms with Crippen LogP contribution in [0.25, 0.3) is 0 Å². The van der Waals surface area contributed by atoms with Crippen molar-refractivity contribution in [2.75, 3.05) is 39.9 Å². The van der Waals surface area contributed by atoms with Crippen LogP contribution in [0, 0.1) is 13.8 Å². The summed E-state index contributed by atoms with van der Waals surface area (Å²) in [5.41, 5.74) is 2.39. The second-order valence-electron chi connectivity index (χ2n) is 6.63. The van der Waals surface area contributed by atoms with E-state index in [1.165, 1.54) is 6.92 Å². The zero-order valence-electron chi connectivity index (χ0n) is 15.6. The largest absolute Gasteiger partial charge is 0.378 e. The van der Waals surface area contributed by atoms with E-state index >= 15 is 0 Å². The van der Waals surface area contributed by atoms with E-state index in [4.69, 9.17) is 4.74 Å². The summed E-state index contributed by atoms with van der Waals surface area (Å²) in [6, 6.07) is -0.471. The average molecular weight is 349 g/mol. The monoisotopic (exact) mass is 349 g/mol. The normalized spacial score (nSPS) is 16.2. The third kappa shape index (κ3) is 4.16. The lowest BCUT2D eigenvalue weighted by atomic mass is 10.0. The lowest BCUT2D eigenvalue weighted by molar-refractivity contribution is -0.136. The molecule has 138 valence electrons. The molecule has 0 radical (unpaired) electrons. The number of hydrogen-bond donors (Lipinski definition) is 1. The van der Waals surface area contributed by atoms with Gasteiger partial charge in [0.1, 0.15) is 0 Å². The standard InChI is InChI=1S/C18H27N3O4/c1-11-16(14(4)22)12(2)19-17(11)18(24)13(3)20(5)10-15(23)21-6-8-25-9-7-21/h13,19H,6-10H2,1-5H3/t13-/m0/s1. The molecule has 1 aliphatic heterocycles. The Morgan fingerprint density at radius 2 is 1.84 bits per heavy atom. The molecule has 1 aromatic rings. The average Bonchev–Trinajstić information content (AvgIpc) is 2.88. The van der Waals surface area contributed by atoms with Crippen LogP contribution in [0.4, 0.5) is 0 Å². The fourth-order valence-corrected chi connectivity index (χ4v) is 3.20. The molecule has 1 aromatic heterocycles. The van der Waals surface area contributed by atoms with Crippen LogP contribution in [-0.2, 0) is 9.53 Å². The number of aryl methyl sites for hydroxylation is 1. The van der Waals surface area contributed by atoms with Crippen LogP contribution >= 0.6 is 0 Å². The van der Waals surface area contributed by atoms with Crippen molar-refractivity contribution in [2.45, 2.75) is 33.7 Å². The van der Waals surface area contributed by atoms with E-state index in [0.717, 1.165) is 0 Å². The fourth-order valence-electron chi connectivity index (χ4n) is 3.20. The maximum absolute atomic E-state index is 12.8. The predicted molar refractivity (Wildman–Crippen MR) is 94.1 cm³/mol. The minimum atomic E-state index is -0.471. The first-order valence-corrected chi connectivity index (χ1v) is 8.54. The van der Waals surface area contributed by atoms with E-state index in [9.17, 15) is 14.4 Å². The van der Waals surface area contributed by atoms with Crippen LogP contribution in [0.3, 0.4) is 0 Å². The Labute approximate surface area is 148 Å². The molecule has 7 heteroatoms. The van der Waals surface area contributed by atoms with Crippen molar-refractivity contribution in [3.05, 3.63) is 22.5 Å². The quantitative estimate of drug-likeness (QED) is 0.780. The zero-order valence-corrected chi connectivity index (χ0v) is 15.6. The molecule has 0 saturated carbocycles. The van der Waals surface area contributed by atoms with E-state index in [1.54, 1.807) is 37.6 Å². The molecule has 2 heterocycles. The Morgan fingerprint density at radius 1 is 1.24 bits per heavy atom.